The van der Waals surface area contributed by atoms with Crippen molar-refractivity contribution in [3.05, 3.63) is 35.6 Å². The summed E-state index contributed by atoms with van der Waals surface area (Å²) in [6, 6.07) is 4.08. The van der Waals surface area contributed by atoms with Gasteiger partial charge < -0.3 is 14.7 Å². The second kappa shape index (κ2) is 4.05. The number of aromatic carboxylic acids is 2. The molecule has 0 bridgehead atoms. The number of carboxylic acids is 2. The molecule has 0 unspecified atom stereocenters. The Balaban J connectivity index is 2.72. The van der Waals surface area contributed by atoms with E-state index in [0.29, 0.717) is 0 Å². The Bertz CT molecular complexity index is 576. The van der Waals surface area contributed by atoms with Gasteiger partial charge in [-0.3, -0.25) is 0 Å². The highest BCUT2D eigenvalue weighted by Crippen LogP contribution is 2.24. The van der Waals surface area contributed by atoms with Crippen molar-refractivity contribution in [2.75, 3.05) is 0 Å². The summed E-state index contributed by atoms with van der Waals surface area (Å²) >= 11 is 0. The second-order valence-electron chi connectivity index (χ2n) is 3.13. The first kappa shape index (κ1) is 10.8. The molecule has 0 spiro atoms. The van der Waals surface area contributed by atoms with Crippen LogP contribution in [0.25, 0.3) is 11.3 Å². The number of rotatable bonds is 3. The van der Waals surface area contributed by atoms with Crippen LogP contribution in [0, 0.1) is 0 Å². The largest absolute Gasteiger partial charge is 0.478 e. The number of benzene rings is 1. The lowest BCUT2D eigenvalue weighted by Crippen LogP contribution is -2.09. The third-order valence-electron chi connectivity index (χ3n) is 2.14. The molecule has 2 rings (SSSR count). The molecule has 0 saturated carbocycles. The van der Waals surface area contributed by atoms with Crippen molar-refractivity contribution in [2.24, 2.45) is 0 Å². The zero-order valence-corrected chi connectivity index (χ0v) is 8.32. The molecular formula is C10H6N2O5. The number of carboxylic acid groups (broad SMARTS) is 2. The van der Waals surface area contributed by atoms with Crippen molar-refractivity contribution in [1.29, 1.82) is 0 Å². The highest BCUT2D eigenvalue weighted by Gasteiger charge is 2.22. The normalized spacial score (nSPS) is 10.1. The van der Waals surface area contributed by atoms with Crippen LogP contribution < -0.4 is 0 Å². The van der Waals surface area contributed by atoms with Gasteiger partial charge in [0.05, 0.1) is 11.1 Å². The molecule has 0 amide bonds. The van der Waals surface area contributed by atoms with Crippen LogP contribution >= 0.6 is 0 Å². The van der Waals surface area contributed by atoms with Crippen molar-refractivity contribution in [3.8, 4) is 11.3 Å². The molecule has 0 aliphatic carbocycles. The molecule has 0 saturated heterocycles. The van der Waals surface area contributed by atoms with E-state index >= 15 is 0 Å². The smallest absolute Gasteiger partial charge is 0.337 e. The van der Waals surface area contributed by atoms with Crippen LogP contribution in [0.3, 0.4) is 0 Å². The molecule has 2 aromatic rings. The van der Waals surface area contributed by atoms with Crippen molar-refractivity contribution in [1.82, 2.24) is 10.4 Å². The first-order valence-corrected chi connectivity index (χ1v) is 4.48. The molecule has 0 atom stereocenters. The highest BCUT2D eigenvalue weighted by atomic mass is 16.5. The lowest BCUT2D eigenvalue weighted by atomic mass is 9.99. The topological polar surface area (TPSA) is 114 Å². The summed E-state index contributed by atoms with van der Waals surface area (Å²) in [7, 11) is 0. The fourth-order valence-corrected chi connectivity index (χ4v) is 1.46. The summed E-state index contributed by atoms with van der Waals surface area (Å²) in [6.45, 7) is 0. The van der Waals surface area contributed by atoms with E-state index in [4.69, 9.17) is 10.2 Å². The Morgan fingerprint density at radius 2 is 1.94 bits per heavy atom. The number of aromatic nitrogens is 2. The van der Waals surface area contributed by atoms with E-state index in [9.17, 15) is 9.59 Å². The molecule has 0 radical (unpaired) electrons. The van der Waals surface area contributed by atoms with Crippen molar-refractivity contribution >= 4 is 11.9 Å². The number of nitrogens with zero attached hydrogens (tertiary/aromatic N) is 2. The molecule has 2 N–H and O–H groups in total. The maximum Gasteiger partial charge on any atom is 0.337 e. The third-order valence-corrected chi connectivity index (χ3v) is 2.14. The Hall–Kier alpha value is -2.70. The van der Waals surface area contributed by atoms with Gasteiger partial charge in [-0.15, -0.1) is 5.10 Å². The fourth-order valence-electron chi connectivity index (χ4n) is 1.46. The van der Waals surface area contributed by atoms with Gasteiger partial charge in [-0.2, -0.15) is 0 Å². The van der Waals surface area contributed by atoms with E-state index in [1.165, 1.54) is 18.2 Å². The molecular weight excluding hydrogens is 228 g/mol. The quantitative estimate of drug-likeness (QED) is 0.818. The van der Waals surface area contributed by atoms with E-state index in [-0.39, 0.29) is 22.4 Å². The van der Waals surface area contributed by atoms with Gasteiger partial charge in [0.1, 0.15) is 5.69 Å². The van der Waals surface area contributed by atoms with Gasteiger partial charge in [0.2, 0.25) is 0 Å². The molecule has 1 aromatic carbocycles. The summed E-state index contributed by atoms with van der Waals surface area (Å²) in [4.78, 5) is 22.0. The van der Waals surface area contributed by atoms with Gasteiger partial charge in [-0.1, -0.05) is 12.1 Å². The van der Waals surface area contributed by atoms with Crippen LogP contribution in [0.1, 0.15) is 20.7 Å². The van der Waals surface area contributed by atoms with Crippen LogP contribution in [-0.2, 0) is 0 Å². The molecule has 1 heterocycles. The number of hydrogen-bond donors (Lipinski definition) is 2. The summed E-state index contributed by atoms with van der Waals surface area (Å²) < 4.78 is 4.50. The van der Waals surface area contributed by atoms with Crippen molar-refractivity contribution < 1.29 is 24.3 Å². The monoisotopic (exact) mass is 234 g/mol. The van der Waals surface area contributed by atoms with Gasteiger partial charge in [-0.25, -0.2) is 9.59 Å². The van der Waals surface area contributed by atoms with E-state index in [0.717, 1.165) is 6.26 Å². The van der Waals surface area contributed by atoms with Crippen molar-refractivity contribution in [2.45, 2.75) is 0 Å². The van der Waals surface area contributed by atoms with E-state index in [2.05, 4.69) is 14.9 Å². The predicted molar refractivity (Wildman–Crippen MR) is 53.7 cm³/mol. The second-order valence-corrected chi connectivity index (χ2v) is 3.13. The Labute approximate surface area is 94.3 Å². The molecule has 0 aliphatic rings. The summed E-state index contributed by atoms with van der Waals surface area (Å²) in [5.41, 5.74) is -0.321. The lowest BCUT2D eigenvalue weighted by Gasteiger charge is -2.05. The molecule has 0 aliphatic heterocycles. The minimum absolute atomic E-state index is 0.152. The van der Waals surface area contributed by atoms with Gasteiger partial charge in [-0.05, 0) is 6.07 Å². The maximum atomic E-state index is 11.1. The van der Waals surface area contributed by atoms with E-state index in [1.807, 2.05) is 0 Å². The van der Waals surface area contributed by atoms with Gasteiger partial charge in [0.15, 0.2) is 6.26 Å². The Morgan fingerprint density at radius 3 is 2.47 bits per heavy atom. The van der Waals surface area contributed by atoms with E-state index in [1.54, 1.807) is 0 Å². The number of carbonyl (C=O) groups is 2. The first-order chi connectivity index (χ1) is 8.11. The fraction of sp³-hybridized carbons (Fsp3) is 0. The summed E-state index contributed by atoms with van der Waals surface area (Å²) in [5, 5.41) is 24.7. The predicted octanol–water partition coefficient (Wildman–Crippen LogP) is 1.13. The Kier molecular flexibility index (Phi) is 2.57. The van der Waals surface area contributed by atoms with Gasteiger partial charge in [0, 0.05) is 10.8 Å². The standard InChI is InChI=1S/C10H6N2O5/c13-9(14)6-3-1-2-5(8(6)10(15)16)7-4-17-12-11-7/h1-4H,(H,13,14)(H,15,16). The molecule has 7 heteroatoms. The molecule has 1 aromatic heterocycles. The average Bonchev–Trinajstić information content (AvgIpc) is 2.81. The molecule has 7 nitrogen and oxygen atoms in total. The first-order valence-electron chi connectivity index (χ1n) is 4.48. The maximum absolute atomic E-state index is 11.1. The SMILES string of the molecule is O=C(O)c1cccc(-c2conn2)c1C(=O)O. The third kappa shape index (κ3) is 1.85. The van der Waals surface area contributed by atoms with Gasteiger partial charge >= 0.3 is 11.9 Å². The van der Waals surface area contributed by atoms with Crippen molar-refractivity contribution in [3.63, 3.8) is 0 Å². The molecule has 0 fully saturated rings. The van der Waals surface area contributed by atoms with Gasteiger partial charge in [0.25, 0.3) is 0 Å². The molecule has 17 heavy (non-hydrogen) atoms. The summed E-state index contributed by atoms with van der Waals surface area (Å²) in [5.74, 6) is -2.67. The lowest BCUT2D eigenvalue weighted by molar-refractivity contribution is 0.0652. The Morgan fingerprint density at radius 1 is 1.18 bits per heavy atom. The average molecular weight is 234 g/mol. The van der Waals surface area contributed by atoms with Crippen LogP contribution in [0.2, 0.25) is 0 Å². The minimum Gasteiger partial charge on any atom is -0.478 e. The number of hydrogen-bond acceptors (Lipinski definition) is 5. The van der Waals surface area contributed by atoms with Crippen LogP contribution in [0.5, 0.6) is 0 Å². The van der Waals surface area contributed by atoms with Crippen LogP contribution in [-0.4, -0.2) is 32.5 Å². The van der Waals surface area contributed by atoms with Crippen LogP contribution in [0.4, 0.5) is 0 Å². The minimum atomic E-state index is -1.35. The zero-order chi connectivity index (χ0) is 12.4. The zero-order valence-electron chi connectivity index (χ0n) is 8.32. The van der Waals surface area contributed by atoms with Crippen LogP contribution in [0.15, 0.2) is 29.0 Å². The highest BCUT2D eigenvalue weighted by molar-refractivity contribution is 6.06. The molecule has 86 valence electrons. The van der Waals surface area contributed by atoms with E-state index < -0.39 is 11.9 Å². The summed E-state index contributed by atoms with van der Waals surface area (Å²) in [6.07, 6.45) is 1.15.